The van der Waals surface area contributed by atoms with Gasteiger partial charge in [0, 0.05) is 18.6 Å². The molecular formula is C15H24N2O2S. The highest BCUT2D eigenvalue weighted by atomic mass is 32.2. The summed E-state index contributed by atoms with van der Waals surface area (Å²) in [6.07, 6.45) is 0. The van der Waals surface area contributed by atoms with E-state index in [9.17, 15) is 9.00 Å². The van der Waals surface area contributed by atoms with Crippen molar-refractivity contribution in [3.8, 4) is 0 Å². The summed E-state index contributed by atoms with van der Waals surface area (Å²) in [5, 5.41) is 0. The maximum absolute atomic E-state index is 12.5. The monoisotopic (exact) mass is 296 g/mol. The first-order valence-corrected chi connectivity index (χ1v) is 8.03. The molecule has 0 fully saturated rings. The molecule has 112 valence electrons. The summed E-state index contributed by atoms with van der Waals surface area (Å²) in [5.41, 5.74) is 0.224. The van der Waals surface area contributed by atoms with Gasteiger partial charge in [0.2, 0.25) is 0 Å². The Morgan fingerprint density at radius 1 is 1.20 bits per heavy atom. The van der Waals surface area contributed by atoms with Gasteiger partial charge in [0.1, 0.15) is 11.0 Å². The minimum Gasteiger partial charge on any atom is -0.339 e. The van der Waals surface area contributed by atoms with Crippen LogP contribution in [-0.2, 0) is 11.0 Å². The van der Waals surface area contributed by atoms with Crippen molar-refractivity contribution in [1.29, 1.82) is 0 Å². The maximum Gasteiger partial charge on any atom is 0.255 e. The first-order chi connectivity index (χ1) is 9.30. The molecule has 0 aliphatic heterocycles. The van der Waals surface area contributed by atoms with Gasteiger partial charge in [-0.3, -0.25) is 4.79 Å². The lowest BCUT2D eigenvalue weighted by Crippen LogP contribution is -2.38. The molecule has 0 aliphatic carbocycles. The summed E-state index contributed by atoms with van der Waals surface area (Å²) in [5.74, 6) is -0.0744. The minimum absolute atomic E-state index is 0.0744. The number of carbonyl (C=O) groups excluding carboxylic acids is 1. The summed E-state index contributed by atoms with van der Waals surface area (Å²) in [6.45, 7) is 11.0. The second-order valence-corrected chi connectivity index (χ2v) is 6.78. The van der Waals surface area contributed by atoms with Crippen molar-refractivity contribution < 1.29 is 9.00 Å². The van der Waals surface area contributed by atoms with E-state index in [2.05, 4.69) is 4.72 Å². The van der Waals surface area contributed by atoms with Crippen LogP contribution in [0.5, 0.6) is 0 Å². The summed E-state index contributed by atoms with van der Waals surface area (Å²) >= 11 is 0. The Labute approximate surface area is 124 Å². The van der Waals surface area contributed by atoms with Crippen LogP contribution in [0.15, 0.2) is 29.2 Å². The van der Waals surface area contributed by atoms with Gasteiger partial charge in [-0.05, 0) is 46.8 Å². The first kappa shape index (κ1) is 16.9. The van der Waals surface area contributed by atoms with Crippen molar-refractivity contribution in [1.82, 2.24) is 9.62 Å². The van der Waals surface area contributed by atoms with Crippen LogP contribution in [0.4, 0.5) is 0 Å². The molecule has 0 aliphatic rings. The van der Waals surface area contributed by atoms with Gasteiger partial charge in [0.25, 0.3) is 5.91 Å². The third kappa shape index (κ3) is 4.42. The second kappa shape index (κ2) is 6.99. The number of amides is 1. The van der Waals surface area contributed by atoms with Crippen LogP contribution in [0, 0.1) is 0 Å². The van der Waals surface area contributed by atoms with E-state index in [1.807, 2.05) is 34.6 Å². The number of carbonyl (C=O) groups is 1. The van der Waals surface area contributed by atoms with Crippen molar-refractivity contribution >= 4 is 16.9 Å². The quantitative estimate of drug-likeness (QED) is 0.908. The first-order valence-electron chi connectivity index (χ1n) is 6.88. The SMILES string of the molecule is CCN(CC)C(=O)c1ccccc1S(=O)NC(C)(C)C. The molecule has 5 heteroatoms. The number of benzene rings is 1. The predicted molar refractivity (Wildman–Crippen MR) is 83.0 cm³/mol. The Balaban J connectivity index is 3.11. The normalized spacial score (nSPS) is 13.1. The molecule has 1 aromatic rings. The van der Waals surface area contributed by atoms with Gasteiger partial charge in [0.15, 0.2) is 0 Å². The van der Waals surface area contributed by atoms with Gasteiger partial charge in [-0.25, -0.2) is 8.93 Å². The van der Waals surface area contributed by atoms with E-state index in [0.717, 1.165) is 0 Å². The number of rotatable bonds is 5. The maximum atomic E-state index is 12.5. The smallest absolute Gasteiger partial charge is 0.255 e. The largest absolute Gasteiger partial charge is 0.339 e. The topological polar surface area (TPSA) is 49.4 Å². The zero-order valence-corrected chi connectivity index (χ0v) is 13.7. The van der Waals surface area contributed by atoms with E-state index in [4.69, 9.17) is 0 Å². The van der Waals surface area contributed by atoms with Gasteiger partial charge in [0.05, 0.1) is 10.5 Å². The zero-order chi connectivity index (χ0) is 15.3. The fraction of sp³-hybridized carbons (Fsp3) is 0.533. The number of nitrogens with zero attached hydrogens (tertiary/aromatic N) is 1. The molecule has 0 radical (unpaired) electrons. The molecule has 1 atom stereocenters. The summed E-state index contributed by atoms with van der Waals surface area (Å²) < 4.78 is 15.4. The van der Waals surface area contributed by atoms with Crippen molar-refractivity contribution in [2.75, 3.05) is 13.1 Å². The van der Waals surface area contributed by atoms with Crippen LogP contribution in [0.3, 0.4) is 0 Å². The van der Waals surface area contributed by atoms with Gasteiger partial charge in [-0.2, -0.15) is 0 Å². The summed E-state index contributed by atoms with van der Waals surface area (Å²) in [7, 11) is -1.40. The summed E-state index contributed by atoms with van der Waals surface area (Å²) in [4.78, 5) is 14.7. The lowest BCUT2D eigenvalue weighted by atomic mass is 10.1. The molecule has 1 N–H and O–H groups in total. The third-order valence-electron chi connectivity index (χ3n) is 2.77. The minimum atomic E-state index is -1.40. The Morgan fingerprint density at radius 3 is 2.25 bits per heavy atom. The molecule has 0 spiro atoms. The van der Waals surface area contributed by atoms with E-state index in [0.29, 0.717) is 23.5 Å². The molecule has 1 amide bonds. The van der Waals surface area contributed by atoms with Crippen LogP contribution < -0.4 is 4.72 Å². The zero-order valence-electron chi connectivity index (χ0n) is 12.9. The van der Waals surface area contributed by atoms with Crippen LogP contribution in [-0.4, -0.2) is 33.6 Å². The fourth-order valence-corrected chi connectivity index (χ4v) is 3.04. The number of hydrogen-bond acceptors (Lipinski definition) is 2. The molecule has 1 unspecified atom stereocenters. The Bertz CT molecular complexity index is 491. The average molecular weight is 296 g/mol. The molecule has 0 heterocycles. The van der Waals surface area contributed by atoms with E-state index >= 15 is 0 Å². The Morgan fingerprint density at radius 2 is 1.75 bits per heavy atom. The highest BCUT2D eigenvalue weighted by Gasteiger charge is 2.22. The third-order valence-corrected chi connectivity index (χ3v) is 4.32. The van der Waals surface area contributed by atoms with E-state index < -0.39 is 11.0 Å². The lowest BCUT2D eigenvalue weighted by Gasteiger charge is -2.23. The molecule has 20 heavy (non-hydrogen) atoms. The highest BCUT2D eigenvalue weighted by Crippen LogP contribution is 2.16. The van der Waals surface area contributed by atoms with Crippen molar-refractivity contribution in [2.45, 2.75) is 45.1 Å². The standard InChI is InChI=1S/C15H24N2O2S/c1-6-17(7-2)14(18)12-10-8-9-11-13(12)20(19)16-15(3,4)5/h8-11,16H,6-7H2,1-5H3. The fourth-order valence-electron chi connectivity index (χ4n) is 1.82. The summed E-state index contributed by atoms with van der Waals surface area (Å²) in [6, 6.07) is 7.08. The average Bonchev–Trinajstić information content (AvgIpc) is 2.38. The van der Waals surface area contributed by atoms with Gasteiger partial charge in [-0.15, -0.1) is 0 Å². The van der Waals surface area contributed by atoms with Crippen molar-refractivity contribution in [3.63, 3.8) is 0 Å². The molecule has 1 rings (SSSR count). The van der Waals surface area contributed by atoms with Crippen LogP contribution >= 0.6 is 0 Å². The van der Waals surface area contributed by atoms with Crippen LogP contribution in [0.1, 0.15) is 45.0 Å². The lowest BCUT2D eigenvalue weighted by molar-refractivity contribution is 0.0769. The number of hydrogen-bond donors (Lipinski definition) is 1. The second-order valence-electron chi connectivity index (χ2n) is 5.59. The molecule has 0 aromatic heterocycles. The van der Waals surface area contributed by atoms with Crippen LogP contribution in [0.25, 0.3) is 0 Å². The molecule has 4 nitrogen and oxygen atoms in total. The van der Waals surface area contributed by atoms with Crippen molar-refractivity contribution in [2.24, 2.45) is 0 Å². The van der Waals surface area contributed by atoms with Crippen LogP contribution in [0.2, 0.25) is 0 Å². The van der Waals surface area contributed by atoms with E-state index in [1.165, 1.54) is 0 Å². The Hall–Kier alpha value is -1.20. The van der Waals surface area contributed by atoms with Gasteiger partial charge < -0.3 is 4.90 Å². The van der Waals surface area contributed by atoms with E-state index in [1.54, 1.807) is 29.2 Å². The highest BCUT2D eigenvalue weighted by molar-refractivity contribution is 7.83. The number of nitrogens with one attached hydrogen (secondary N) is 1. The molecule has 1 aromatic carbocycles. The van der Waals surface area contributed by atoms with Gasteiger partial charge in [-0.1, -0.05) is 12.1 Å². The van der Waals surface area contributed by atoms with E-state index in [-0.39, 0.29) is 11.4 Å². The molecular weight excluding hydrogens is 272 g/mol. The molecule has 0 bridgehead atoms. The predicted octanol–water partition coefficient (Wildman–Crippen LogP) is 2.58. The molecule has 0 saturated carbocycles. The Kier molecular flexibility index (Phi) is 5.89. The molecule has 0 saturated heterocycles. The van der Waals surface area contributed by atoms with Gasteiger partial charge >= 0.3 is 0 Å². The van der Waals surface area contributed by atoms with Crippen molar-refractivity contribution in [3.05, 3.63) is 29.8 Å².